The third kappa shape index (κ3) is 34.7. The van der Waals surface area contributed by atoms with Crippen molar-refractivity contribution in [2.24, 2.45) is 106 Å². The molecule has 31 N–H and O–H groups in total. The minimum atomic E-state index is -1.38. The summed E-state index contributed by atoms with van der Waals surface area (Å²) >= 11 is 0. The van der Waals surface area contributed by atoms with Gasteiger partial charge in [0.15, 0.2) is 29.8 Å². The lowest BCUT2D eigenvalue weighted by atomic mass is 9.97. The molecule has 0 bridgehead atoms. The molecule has 0 aromatic carbocycles. The zero-order chi connectivity index (χ0) is 64.1. The van der Waals surface area contributed by atoms with Crippen molar-refractivity contribution in [3.8, 4) is 0 Å². The Morgan fingerprint density at radius 1 is 0.393 bits per heavy atom. The van der Waals surface area contributed by atoms with Crippen molar-refractivity contribution in [3.05, 3.63) is 0 Å². The number of rotatable bonds is 43. The summed E-state index contributed by atoms with van der Waals surface area (Å²) in [6.07, 6.45) is 1.61. The SMILES string of the molecule is CC[C@H](C)[C@H](NC(=O)[C@H](CCCN=C(N)N)NC(=O)[C@H](CC(C)C)NC(=O)[C@H](CCCN=C(N)N)NC(=O)[C@H](CC(C)C)NC(=O)[C@@H](N)CCCN=C(N)N)C(=O)NCC(=O)N[C@@H](CCCN=C(N)N)C(=O)N[C@@H](CCCN=C(N)N)C(=O)O. The number of aliphatic imine (C=N–C) groups is 5. The van der Waals surface area contributed by atoms with Gasteiger partial charge in [0, 0.05) is 32.7 Å². The summed E-state index contributed by atoms with van der Waals surface area (Å²) in [5.41, 5.74) is 60.6. The molecule has 0 aliphatic heterocycles. The van der Waals surface area contributed by atoms with Crippen molar-refractivity contribution < 1.29 is 48.3 Å². The molecule has 34 nitrogen and oxygen atoms in total. The molecular formula is C50H98N24O10. The van der Waals surface area contributed by atoms with Crippen LogP contribution >= 0.6 is 0 Å². The number of carbonyl (C=O) groups excluding carboxylic acids is 8. The second-order valence-electron chi connectivity index (χ2n) is 21.0. The van der Waals surface area contributed by atoms with Crippen LogP contribution in [0.1, 0.15) is 125 Å². The van der Waals surface area contributed by atoms with Gasteiger partial charge >= 0.3 is 5.97 Å². The van der Waals surface area contributed by atoms with Gasteiger partial charge in [0.25, 0.3) is 0 Å². The minimum absolute atomic E-state index is 0.0267. The molecule has 0 aromatic heterocycles. The maximum absolute atomic E-state index is 14.4. The quantitative estimate of drug-likeness (QED) is 0.0153. The van der Waals surface area contributed by atoms with Gasteiger partial charge in [-0.2, -0.15) is 0 Å². The van der Waals surface area contributed by atoms with E-state index in [-0.39, 0.29) is 145 Å². The van der Waals surface area contributed by atoms with Crippen LogP contribution in [0.25, 0.3) is 0 Å². The maximum atomic E-state index is 14.4. The molecule has 0 unspecified atom stereocenters. The highest BCUT2D eigenvalue weighted by atomic mass is 16.4. The van der Waals surface area contributed by atoms with Crippen LogP contribution in [0, 0.1) is 17.8 Å². The lowest BCUT2D eigenvalue weighted by Gasteiger charge is -2.29. The van der Waals surface area contributed by atoms with Gasteiger partial charge in [0.05, 0.1) is 12.6 Å². The number of hydrogen-bond acceptors (Lipinski definition) is 15. The second kappa shape index (κ2) is 41.5. The molecule has 0 aliphatic carbocycles. The maximum Gasteiger partial charge on any atom is 0.326 e. The van der Waals surface area contributed by atoms with E-state index in [1.165, 1.54) is 0 Å². The van der Waals surface area contributed by atoms with Crippen LogP contribution in [-0.4, -0.2) is 176 Å². The largest absolute Gasteiger partial charge is 0.480 e. The van der Waals surface area contributed by atoms with Crippen molar-refractivity contribution in [2.45, 2.75) is 173 Å². The fraction of sp³-hybridized carbons (Fsp3) is 0.720. The molecule has 0 radical (unpaired) electrons. The third-order valence-electron chi connectivity index (χ3n) is 12.5. The lowest BCUT2D eigenvalue weighted by Crippen LogP contribution is -2.60. The Morgan fingerprint density at radius 3 is 1.04 bits per heavy atom. The first-order chi connectivity index (χ1) is 39.4. The Hall–Kier alpha value is -8.46. The van der Waals surface area contributed by atoms with E-state index in [9.17, 15) is 48.3 Å². The predicted octanol–water partition coefficient (Wildman–Crippen LogP) is -6.69. The van der Waals surface area contributed by atoms with E-state index < -0.39 is 114 Å². The highest BCUT2D eigenvalue weighted by molar-refractivity contribution is 5.97. The van der Waals surface area contributed by atoms with Gasteiger partial charge in [-0.3, -0.25) is 63.3 Å². The molecule has 0 saturated carbocycles. The summed E-state index contributed by atoms with van der Waals surface area (Å²) in [4.78, 5) is 143. The van der Waals surface area contributed by atoms with Crippen LogP contribution in [0.4, 0.5) is 0 Å². The molecule has 0 fully saturated rings. The number of carboxylic acids is 1. The number of hydrogen-bond donors (Lipinski definition) is 20. The number of nitrogens with two attached hydrogens (primary N) is 11. The Kier molecular flexibility index (Phi) is 37.3. The van der Waals surface area contributed by atoms with Crippen molar-refractivity contribution in [2.75, 3.05) is 39.3 Å². The van der Waals surface area contributed by atoms with Crippen molar-refractivity contribution in [3.63, 3.8) is 0 Å². The van der Waals surface area contributed by atoms with E-state index in [0.29, 0.717) is 12.8 Å². The minimum Gasteiger partial charge on any atom is -0.480 e. The zero-order valence-electron chi connectivity index (χ0n) is 49.5. The van der Waals surface area contributed by atoms with Crippen molar-refractivity contribution in [1.82, 2.24) is 42.5 Å². The van der Waals surface area contributed by atoms with Crippen LogP contribution in [0.2, 0.25) is 0 Å². The van der Waals surface area contributed by atoms with Gasteiger partial charge in [0.2, 0.25) is 47.3 Å². The molecule has 0 rings (SSSR count). The van der Waals surface area contributed by atoms with Gasteiger partial charge in [-0.05, 0) is 94.8 Å². The normalized spacial score (nSPS) is 14.1. The van der Waals surface area contributed by atoms with Gasteiger partial charge in [-0.25, -0.2) is 4.79 Å². The average molecular weight is 1200 g/mol. The molecule has 0 aliphatic rings. The summed E-state index contributed by atoms with van der Waals surface area (Å²) in [5.74, 6) is -9.47. The summed E-state index contributed by atoms with van der Waals surface area (Å²) in [6.45, 7) is 10.5. The summed E-state index contributed by atoms with van der Waals surface area (Å²) < 4.78 is 0. The van der Waals surface area contributed by atoms with E-state index in [2.05, 4.69) is 67.5 Å². The molecular weight excluding hydrogens is 1100 g/mol. The topological polar surface area (TPSA) is 618 Å². The molecule has 9 atom stereocenters. The average Bonchev–Trinajstić information content (AvgIpc) is 3.45. The number of amides is 8. The molecule has 84 heavy (non-hydrogen) atoms. The molecule has 0 saturated heterocycles. The molecule has 34 heteroatoms. The first-order valence-electron chi connectivity index (χ1n) is 28.0. The highest BCUT2D eigenvalue weighted by Crippen LogP contribution is 2.14. The fourth-order valence-electron chi connectivity index (χ4n) is 7.98. The Bertz CT molecular complexity index is 2260. The van der Waals surface area contributed by atoms with E-state index in [4.69, 9.17) is 63.1 Å². The van der Waals surface area contributed by atoms with Gasteiger partial charge < -0.3 is 111 Å². The Balaban J connectivity index is 6.77. The summed E-state index contributed by atoms with van der Waals surface area (Å²) in [5, 5.41) is 30.7. The number of carboxylic acid groups (broad SMARTS) is 1. The van der Waals surface area contributed by atoms with Crippen molar-refractivity contribution in [1.29, 1.82) is 0 Å². The van der Waals surface area contributed by atoms with Crippen molar-refractivity contribution >= 4 is 83.0 Å². The predicted molar refractivity (Wildman–Crippen MR) is 320 cm³/mol. The Labute approximate surface area is 490 Å². The molecule has 0 spiro atoms. The van der Waals surface area contributed by atoms with Crippen LogP contribution in [0.5, 0.6) is 0 Å². The molecule has 0 heterocycles. The first kappa shape index (κ1) is 75.5. The molecule has 478 valence electrons. The van der Waals surface area contributed by atoms with Gasteiger partial charge in [0.1, 0.15) is 42.3 Å². The third-order valence-corrected chi connectivity index (χ3v) is 12.5. The van der Waals surface area contributed by atoms with E-state index >= 15 is 0 Å². The van der Waals surface area contributed by atoms with Crippen LogP contribution in [0.3, 0.4) is 0 Å². The number of aliphatic carboxylic acids is 1. The summed E-state index contributed by atoms with van der Waals surface area (Å²) in [7, 11) is 0. The number of carbonyl (C=O) groups is 9. The van der Waals surface area contributed by atoms with E-state index in [1.807, 2.05) is 13.8 Å². The zero-order valence-corrected chi connectivity index (χ0v) is 49.5. The van der Waals surface area contributed by atoms with E-state index in [1.54, 1.807) is 27.7 Å². The molecule has 8 amide bonds. The standard InChI is InChI=1S/C50H98N24O10/c1-7-28(6)37(44(82)67-25-36(75)68-30(14-9-19-63-47(54)55)39(77)71-33(45(83)84)17-12-22-66-50(60)61)74-41(79)32(16-11-21-65-49(58)59)70-43(81)35(24-27(4)5)73-40(78)31(15-10-20-64-48(56)57)69-42(80)34(23-26(2)3)72-38(76)29(51)13-8-18-62-46(52)53/h26-35,37H,7-25,51H2,1-6H3,(H,67,82)(H,68,75)(H,69,80)(H,70,81)(H,71,77)(H,72,76)(H,73,78)(H,74,79)(H,83,84)(H4,52,53,62)(H4,54,55,63)(H4,56,57,64)(H4,58,59,65)(H4,60,61,66)/t28-,29-,30-,31-,32-,33-,34-,35-,37-/m0/s1. The van der Waals surface area contributed by atoms with Gasteiger partial charge in [-0.1, -0.05) is 48.0 Å². The van der Waals surface area contributed by atoms with Crippen LogP contribution in [-0.2, 0) is 43.2 Å². The summed E-state index contributed by atoms with van der Waals surface area (Å²) in [6, 6.07) is -10.1. The molecule has 0 aromatic rings. The van der Waals surface area contributed by atoms with Crippen LogP contribution in [0.15, 0.2) is 25.0 Å². The monoisotopic (exact) mass is 1190 g/mol. The van der Waals surface area contributed by atoms with Crippen LogP contribution < -0.4 is 106 Å². The highest BCUT2D eigenvalue weighted by Gasteiger charge is 2.35. The fourth-order valence-corrected chi connectivity index (χ4v) is 7.98. The number of nitrogens with zero attached hydrogens (tertiary/aromatic N) is 5. The van der Waals surface area contributed by atoms with E-state index in [0.717, 1.165) is 0 Å². The Morgan fingerprint density at radius 2 is 0.690 bits per heavy atom. The second-order valence-corrected chi connectivity index (χ2v) is 21.0. The lowest BCUT2D eigenvalue weighted by molar-refractivity contribution is -0.142. The first-order valence-corrected chi connectivity index (χ1v) is 28.0. The number of nitrogens with one attached hydrogen (secondary N) is 8. The van der Waals surface area contributed by atoms with Gasteiger partial charge in [-0.15, -0.1) is 0 Å². The number of guanidine groups is 5. The smallest absolute Gasteiger partial charge is 0.326 e.